The Labute approximate surface area is 112 Å². The molecule has 0 aliphatic carbocycles. The first-order valence-electron chi connectivity index (χ1n) is 6.00. The van der Waals surface area contributed by atoms with Crippen LogP contribution in [0, 0.1) is 0 Å². The summed E-state index contributed by atoms with van der Waals surface area (Å²) in [5.74, 6) is 0.706. The SMILES string of the molecule is COc1ccc(C(=O)N(C)Cc2ccccn2)cc1. The van der Waals surface area contributed by atoms with Crippen molar-refractivity contribution in [3.05, 3.63) is 59.9 Å². The molecule has 1 heterocycles. The zero-order valence-electron chi connectivity index (χ0n) is 11.0. The Bertz CT molecular complexity index is 538. The summed E-state index contributed by atoms with van der Waals surface area (Å²) in [7, 11) is 3.37. The molecule has 0 aliphatic heterocycles. The fraction of sp³-hybridized carbons (Fsp3) is 0.200. The summed E-state index contributed by atoms with van der Waals surface area (Å²) in [6.45, 7) is 0.492. The van der Waals surface area contributed by atoms with Crippen molar-refractivity contribution >= 4 is 5.91 Å². The van der Waals surface area contributed by atoms with Crippen LogP contribution in [0.3, 0.4) is 0 Å². The molecule has 4 nitrogen and oxygen atoms in total. The minimum Gasteiger partial charge on any atom is -0.497 e. The van der Waals surface area contributed by atoms with E-state index in [1.54, 1.807) is 49.5 Å². The van der Waals surface area contributed by atoms with E-state index in [0.717, 1.165) is 11.4 Å². The third kappa shape index (κ3) is 3.31. The van der Waals surface area contributed by atoms with Gasteiger partial charge in [0.15, 0.2) is 0 Å². The maximum absolute atomic E-state index is 12.2. The normalized spacial score (nSPS) is 10.0. The highest BCUT2D eigenvalue weighted by molar-refractivity contribution is 5.94. The maximum atomic E-state index is 12.2. The van der Waals surface area contributed by atoms with E-state index in [1.807, 2.05) is 18.2 Å². The molecule has 0 unspecified atom stereocenters. The van der Waals surface area contributed by atoms with Crippen molar-refractivity contribution < 1.29 is 9.53 Å². The van der Waals surface area contributed by atoms with Crippen LogP contribution in [0.4, 0.5) is 0 Å². The summed E-state index contributed by atoms with van der Waals surface area (Å²) in [5.41, 5.74) is 1.51. The molecule has 98 valence electrons. The highest BCUT2D eigenvalue weighted by Crippen LogP contribution is 2.13. The Morgan fingerprint density at radius 3 is 2.53 bits per heavy atom. The van der Waals surface area contributed by atoms with Gasteiger partial charge in [0, 0.05) is 18.8 Å². The quantitative estimate of drug-likeness (QED) is 0.843. The Kier molecular flexibility index (Phi) is 4.13. The topological polar surface area (TPSA) is 42.4 Å². The largest absolute Gasteiger partial charge is 0.497 e. The molecule has 1 aromatic heterocycles. The molecule has 2 rings (SSSR count). The number of ether oxygens (including phenoxy) is 1. The van der Waals surface area contributed by atoms with Crippen molar-refractivity contribution in [1.82, 2.24) is 9.88 Å². The van der Waals surface area contributed by atoms with Gasteiger partial charge in [-0.2, -0.15) is 0 Å². The van der Waals surface area contributed by atoms with Crippen LogP contribution in [0.2, 0.25) is 0 Å². The van der Waals surface area contributed by atoms with Gasteiger partial charge in [0.05, 0.1) is 19.3 Å². The average molecular weight is 256 g/mol. The number of hydrogen-bond donors (Lipinski definition) is 0. The average Bonchev–Trinajstić information content (AvgIpc) is 2.47. The van der Waals surface area contributed by atoms with Gasteiger partial charge in [-0.3, -0.25) is 9.78 Å². The second kappa shape index (κ2) is 6.00. The predicted octanol–water partition coefficient (Wildman–Crippen LogP) is 2.36. The zero-order chi connectivity index (χ0) is 13.7. The second-order valence-corrected chi connectivity index (χ2v) is 4.21. The second-order valence-electron chi connectivity index (χ2n) is 4.21. The van der Waals surface area contributed by atoms with Gasteiger partial charge in [-0.1, -0.05) is 6.07 Å². The summed E-state index contributed by atoms with van der Waals surface area (Å²) in [6.07, 6.45) is 1.72. The summed E-state index contributed by atoms with van der Waals surface area (Å²) >= 11 is 0. The van der Waals surface area contributed by atoms with Crippen molar-refractivity contribution in [3.63, 3.8) is 0 Å². The van der Waals surface area contributed by atoms with Gasteiger partial charge in [0.1, 0.15) is 5.75 Å². The minimum absolute atomic E-state index is 0.0340. The smallest absolute Gasteiger partial charge is 0.253 e. The van der Waals surface area contributed by atoms with Gasteiger partial charge in [-0.15, -0.1) is 0 Å². The first-order valence-corrected chi connectivity index (χ1v) is 6.00. The van der Waals surface area contributed by atoms with Crippen molar-refractivity contribution in [2.75, 3.05) is 14.2 Å². The van der Waals surface area contributed by atoms with Crippen LogP contribution in [0.5, 0.6) is 5.75 Å². The molecule has 0 N–H and O–H groups in total. The number of nitrogens with zero attached hydrogens (tertiary/aromatic N) is 2. The lowest BCUT2D eigenvalue weighted by atomic mass is 10.2. The van der Waals surface area contributed by atoms with E-state index in [0.29, 0.717) is 12.1 Å². The summed E-state index contributed by atoms with van der Waals surface area (Å²) in [6, 6.07) is 12.7. The van der Waals surface area contributed by atoms with Gasteiger partial charge < -0.3 is 9.64 Å². The van der Waals surface area contributed by atoms with Crippen LogP contribution >= 0.6 is 0 Å². The lowest BCUT2D eigenvalue weighted by molar-refractivity contribution is 0.0783. The fourth-order valence-electron chi connectivity index (χ4n) is 1.76. The molecule has 0 aliphatic rings. The highest BCUT2D eigenvalue weighted by Gasteiger charge is 2.12. The van der Waals surface area contributed by atoms with Crippen molar-refractivity contribution in [2.24, 2.45) is 0 Å². The first kappa shape index (κ1) is 13.1. The molecule has 19 heavy (non-hydrogen) atoms. The number of aromatic nitrogens is 1. The third-order valence-electron chi connectivity index (χ3n) is 2.81. The van der Waals surface area contributed by atoms with Crippen LogP contribution in [0.15, 0.2) is 48.7 Å². The van der Waals surface area contributed by atoms with Crippen LogP contribution in [-0.4, -0.2) is 29.9 Å². The van der Waals surface area contributed by atoms with Crippen LogP contribution in [0.1, 0.15) is 16.1 Å². The molecule has 0 radical (unpaired) electrons. The molecule has 0 spiro atoms. The molecular weight excluding hydrogens is 240 g/mol. The van der Waals surface area contributed by atoms with Gasteiger partial charge in [0.2, 0.25) is 0 Å². The highest BCUT2D eigenvalue weighted by atomic mass is 16.5. The number of rotatable bonds is 4. The number of hydrogen-bond acceptors (Lipinski definition) is 3. The molecule has 4 heteroatoms. The van der Waals surface area contributed by atoms with Crippen molar-refractivity contribution in [1.29, 1.82) is 0 Å². The lowest BCUT2D eigenvalue weighted by Crippen LogP contribution is -2.26. The van der Waals surface area contributed by atoms with Crippen molar-refractivity contribution in [3.8, 4) is 5.75 Å². The molecule has 0 saturated heterocycles. The lowest BCUT2D eigenvalue weighted by Gasteiger charge is -2.16. The molecule has 0 fully saturated rings. The van der Waals surface area contributed by atoms with Gasteiger partial charge >= 0.3 is 0 Å². The van der Waals surface area contributed by atoms with Gasteiger partial charge in [-0.05, 0) is 36.4 Å². The van der Waals surface area contributed by atoms with E-state index in [4.69, 9.17) is 4.74 Å². The Morgan fingerprint density at radius 2 is 1.95 bits per heavy atom. The van der Waals surface area contributed by atoms with E-state index in [9.17, 15) is 4.79 Å². The molecule has 0 saturated carbocycles. The van der Waals surface area contributed by atoms with E-state index in [2.05, 4.69) is 4.98 Å². The first-order chi connectivity index (χ1) is 9.20. The zero-order valence-corrected chi connectivity index (χ0v) is 11.0. The van der Waals surface area contributed by atoms with Gasteiger partial charge in [0.25, 0.3) is 5.91 Å². The number of amides is 1. The fourth-order valence-corrected chi connectivity index (χ4v) is 1.76. The van der Waals surface area contributed by atoms with E-state index in [-0.39, 0.29) is 5.91 Å². The maximum Gasteiger partial charge on any atom is 0.253 e. The Hall–Kier alpha value is -2.36. The summed E-state index contributed by atoms with van der Waals surface area (Å²) < 4.78 is 5.07. The number of carbonyl (C=O) groups excluding carboxylic acids is 1. The van der Waals surface area contributed by atoms with Gasteiger partial charge in [-0.25, -0.2) is 0 Å². The van der Waals surface area contributed by atoms with Crippen LogP contribution in [0.25, 0.3) is 0 Å². The molecule has 2 aromatic rings. The summed E-state index contributed by atoms with van der Waals surface area (Å²) in [5, 5.41) is 0. The molecular formula is C15H16N2O2. The number of methoxy groups -OCH3 is 1. The minimum atomic E-state index is -0.0340. The van der Waals surface area contributed by atoms with Crippen LogP contribution < -0.4 is 4.74 Å². The Balaban J connectivity index is 2.06. The van der Waals surface area contributed by atoms with Crippen molar-refractivity contribution in [2.45, 2.75) is 6.54 Å². The van der Waals surface area contributed by atoms with E-state index < -0.39 is 0 Å². The molecule has 1 aromatic carbocycles. The number of benzene rings is 1. The summed E-state index contributed by atoms with van der Waals surface area (Å²) in [4.78, 5) is 18.1. The van der Waals surface area contributed by atoms with E-state index >= 15 is 0 Å². The molecule has 0 bridgehead atoms. The number of pyridine rings is 1. The standard InChI is InChI=1S/C15H16N2O2/c1-17(11-13-5-3-4-10-16-13)15(18)12-6-8-14(19-2)9-7-12/h3-10H,11H2,1-2H3. The predicted molar refractivity (Wildman–Crippen MR) is 73.0 cm³/mol. The molecule has 1 amide bonds. The monoisotopic (exact) mass is 256 g/mol. The Morgan fingerprint density at radius 1 is 1.21 bits per heavy atom. The number of carbonyl (C=O) groups is 1. The van der Waals surface area contributed by atoms with E-state index in [1.165, 1.54) is 0 Å². The molecule has 0 atom stereocenters. The van der Waals surface area contributed by atoms with Crippen LogP contribution in [-0.2, 0) is 6.54 Å². The third-order valence-corrected chi connectivity index (χ3v) is 2.81.